The SMILES string of the molecule is CC(C)c1cc(-c2ccc(F)cc2)c(S)c(C(C)C)c1. The van der Waals surface area contributed by atoms with Gasteiger partial charge < -0.3 is 0 Å². The Hall–Kier alpha value is -1.28. The zero-order valence-corrected chi connectivity index (χ0v) is 13.3. The van der Waals surface area contributed by atoms with Gasteiger partial charge in [-0.15, -0.1) is 12.6 Å². The largest absolute Gasteiger partial charge is 0.207 e. The topological polar surface area (TPSA) is 0 Å². The predicted molar refractivity (Wildman–Crippen MR) is 87.3 cm³/mol. The molecule has 0 N–H and O–H groups in total. The minimum Gasteiger partial charge on any atom is -0.207 e. The van der Waals surface area contributed by atoms with Crippen molar-refractivity contribution in [3.05, 3.63) is 53.3 Å². The minimum absolute atomic E-state index is 0.210. The van der Waals surface area contributed by atoms with Crippen LogP contribution < -0.4 is 0 Å². The summed E-state index contributed by atoms with van der Waals surface area (Å²) in [6, 6.07) is 11.0. The van der Waals surface area contributed by atoms with E-state index in [1.165, 1.54) is 23.3 Å². The maximum atomic E-state index is 13.1. The van der Waals surface area contributed by atoms with Crippen molar-refractivity contribution in [3.63, 3.8) is 0 Å². The van der Waals surface area contributed by atoms with E-state index in [1.807, 2.05) is 12.1 Å². The highest BCUT2D eigenvalue weighted by atomic mass is 32.1. The number of hydrogen-bond donors (Lipinski definition) is 1. The van der Waals surface area contributed by atoms with Crippen LogP contribution in [0.4, 0.5) is 4.39 Å². The normalized spacial score (nSPS) is 11.4. The number of thiol groups is 1. The van der Waals surface area contributed by atoms with Gasteiger partial charge in [-0.05, 0) is 52.3 Å². The van der Waals surface area contributed by atoms with Crippen molar-refractivity contribution in [3.8, 4) is 11.1 Å². The van der Waals surface area contributed by atoms with Gasteiger partial charge in [0.25, 0.3) is 0 Å². The van der Waals surface area contributed by atoms with Gasteiger partial charge in [0.1, 0.15) is 5.82 Å². The smallest absolute Gasteiger partial charge is 0.123 e. The number of halogens is 1. The molecule has 0 fully saturated rings. The molecule has 0 saturated carbocycles. The first kappa shape index (κ1) is 15.1. The van der Waals surface area contributed by atoms with Gasteiger partial charge in [-0.2, -0.15) is 0 Å². The van der Waals surface area contributed by atoms with Gasteiger partial charge in [0.05, 0.1) is 0 Å². The quantitative estimate of drug-likeness (QED) is 0.655. The molecule has 0 radical (unpaired) electrons. The Morgan fingerprint density at radius 2 is 1.50 bits per heavy atom. The number of benzene rings is 2. The van der Waals surface area contributed by atoms with Crippen molar-refractivity contribution in [2.45, 2.75) is 44.4 Å². The Bertz CT molecular complexity index is 598. The molecule has 0 aliphatic heterocycles. The van der Waals surface area contributed by atoms with Crippen LogP contribution in [0.15, 0.2) is 41.3 Å². The maximum Gasteiger partial charge on any atom is 0.123 e. The van der Waals surface area contributed by atoms with E-state index in [0.29, 0.717) is 11.8 Å². The molecule has 0 atom stereocenters. The third-order valence-electron chi connectivity index (χ3n) is 3.61. The standard InChI is InChI=1S/C18H21FS/c1-11(2)14-9-16(12(3)4)18(20)17(10-14)13-5-7-15(19)8-6-13/h5-12,20H,1-4H3. The van der Waals surface area contributed by atoms with E-state index in [2.05, 4.69) is 39.8 Å². The summed E-state index contributed by atoms with van der Waals surface area (Å²) in [6.07, 6.45) is 0. The second-order valence-corrected chi connectivity index (χ2v) is 6.27. The van der Waals surface area contributed by atoms with Crippen LogP contribution in [-0.2, 0) is 0 Å². The molecule has 20 heavy (non-hydrogen) atoms. The summed E-state index contributed by atoms with van der Waals surface area (Å²) in [5.74, 6) is 0.666. The van der Waals surface area contributed by atoms with Crippen LogP contribution in [0.1, 0.15) is 50.7 Å². The second kappa shape index (κ2) is 6.01. The lowest BCUT2D eigenvalue weighted by atomic mass is 9.90. The first-order valence-electron chi connectivity index (χ1n) is 7.03. The summed E-state index contributed by atoms with van der Waals surface area (Å²) in [5, 5.41) is 0. The lowest BCUT2D eigenvalue weighted by Gasteiger charge is -2.18. The summed E-state index contributed by atoms with van der Waals surface area (Å²) in [4.78, 5) is 0.996. The van der Waals surface area contributed by atoms with E-state index >= 15 is 0 Å². The average molecular weight is 288 g/mol. The van der Waals surface area contributed by atoms with Crippen LogP contribution in [0, 0.1) is 5.82 Å². The van der Waals surface area contributed by atoms with Crippen molar-refractivity contribution in [1.82, 2.24) is 0 Å². The highest BCUT2D eigenvalue weighted by Gasteiger charge is 2.14. The molecule has 0 nitrogen and oxygen atoms in total. The summed E-state index contributed by atoms with van der Waals surface area (Å²) in [5.41, 5.74) is 4.65. The van der Waals surface area contributed by atoms with E-state index in [1.54, 1.807) is 0 Å². The molecule has 2 aromatic rings. The van der Waals surface area contributed by atoms with Gasteiger partial charge in [-0.25, -0.2) is 4.39 Å². The zero-order chi connectivity index (χ0) is 14.9. The van der Waals surface area contributed by atoms with Gasteiger partial charge in [0, 0.05) is 4.90 Å². The molecule has 0 saturated heterocycles. The van der Waals surface area contributed by atoms with Crippen LogP contribution in [-0.4, -0.2) is 0 Å². The van der Waals surface area contributed by atoms with Gasteiger partial charge in [-0.3, -0.25) is 0 Å². The molecular formula is C18H21FS. The van der Waals surface area contributed by atoms with Crippen molar-refractivity contribution in [2.24, 2.45) is 0 Å². The van der Waals surface area contributed by atoms with Crippen molar-refractivity contribution in [1.29, 1.82) is 0 Å². The highest BCUT2D eigenvalue weighted by Crippen LogP contribution is 2.36. The van der Waals surface area contributed by atoms with Gasteiger partial charge in [-0.1, -0.05) is 45.9 Å². The molecule has 0 aromatic heterocycles. The first-order chi connectivity index (χ1) is 9.40. The predicted octanol–water partition coefficient (Wildman–Crippen LogP) is 6.03. The van der Waals surface area contributed by atoms with Gasteiger partial charge >= 0.3 is 0 Å². The maximum absolute atomic E-state index is 13.1. The fourth-order valence-corrected chi connectivity index (χ4v) is 2.82. The van der Waals surface area contributed by atoms with E-state index in [9.17, 15) is 4.39 Å². The van der Waals surface area contributed by atoms with Gasteiger partial charge in [0.2, 0.25) is 0 Å². The Morgan fingerprint density at radius 3 is 2.00 bits per heavy atom. The van der Waals surface area contributed by atoms with Crippen molar-refractivity contribution in [2.75, 3.05) is 0 Å². The van der Waals surface area contributed by atoms with E-state index in [-0.39, 0.29) is 5.82 Å². The summed E-state index contributed by atoms with van der Waals surface area (Å²) in [7, 11) is 0. The summed E-state index contributed by atoms with van der Waals surface area (Å²) in [6.45, 7) is 8.72. The van der Waals surface area contributed by atoms with Crippen molar-refractivity contribution >= 4 is 12.6 Å². The molecule has 0 bridgehead atoms. The van der Waals surface area contributed by atoms with Crippen molar-refractivity contribution < 1.29 is 4.39 Å². The van der Waals surface area contributed by atoms with Crippen LogP contribution in [0.2, 0.25) is 0 Å². The fourth-order valence-electron chi connectivity index (χ4n) is 2.30. The summed E-state index contributed by atoms with van der Waals surface area (Å²) >= 11 is 4.71. The molecular weight excluding hydrogens is 267 g/mol. The monoisotopic (exact) mass is 288 g/mol. The van der Waals surface area contributed by atoms with Gasteiger partial charge in [0.15, 0.2) is 0 Å². The number of rotatable bonds is 3. The van der Waals surface area contributed by atoms with E-state index in [0.717, 1.165) is 16.0 Å². The Morgan fingerprint density at radius 1 is 0.900 bits per heavy atom. The molecule has 2 aromatic carbocycles. The Labute approximate surface area is 126 Å². The minimum atomic E-state index is -0.210. The molecule has 0 unspecified atom stereocenters. The summed E-state index contributed by atoms with van der Waals surface area (Å²) < 4.78 is 13.1. The number of hydrogen-bond acceptors (Lipinski definition) is 1. The molecule has 0 heterocycles. The lowest BCUT2D eigenvalue weighted by Crippen LogP contribution is -1.98. The molecule has 0 aliphatic rings. The molecule has 2 heteroatoms. The van der Waals surface area contributed by atoms with E-state index < -0.39 is 0 Å². The molecule has 0 aliphatic carbocycles. The molecule has 106 valence electrons. The average Bonchev–Trinajstić information content (AvgIpc) is 2.39. The Balaban J connectivity index is 2.64. The first-order valence-corrected chi connectivity index (χ1v) is 7.47. The van der Waals surface area contributed by atoms with E-state index in [4.69, 9.17) is 12.6 Å². The molecule has 2 rings (SSSR count). The Kier molecular flexibility index (Phi) is 4.54. The highest BCUT2D eigenvalue weighted by molar-refractivity contribution is 7.80. The van der Waals surface area contributed by atoms with Crippen LogP contribution in [0.3, 0.4) is 0 Å². The second-order valence-electron chi connectivity index (χ2n) is 5.82. The van der Waals surface area contributed by atoms with Crippen LogP contribution in [0.5, 0.6) is 0 Å². The molecule has 0 spiro atoms. The lowest BCUT2D eigenvalue weighted by molar-refractivity contribution is 0.628. The van der Waals surface area contributed by atoms with Crippen LogP contribution in [0.25, 0.3) is 11.1 Å². The fraction of sp³-hybridized carbons (Fsp3) is 0.333. The molecule has 0 amide bonds. The zero-order valence-electron chi connectivity index (χ0n) is 12.4. The third-order valence-corrected chi connectivity index (χ3v) is 4.10. The third kappa shape index (κ3) is 3.06. The van der Waals surface area contributed by atoms with Crippen LogP contribution >= 0.6 is 12.6 Å².